The fraction of sp³-hybridized carbons (Fsp3) is 0.533. The molecule has 1 heterocycles. The van der Waals surface area contributed by atoms with Crippen molar-refractivity contribution in [2.45, 2.75) is 43.8 Å². The molecule has 1 aromatic heterocycles. The number of rotatable bonds is 1. The van der Waals surface area contributed by atoms with E-state index in [1.807, 2.05) is 11.6 Å². The molecule has 0 bridgehead atoms. The van der Waals surface area contributed by atoms with Crippen molar-refractivity contribution in [3.63, 3.8) is 0 Å². The lowest BCUT2D eigenvalue weighted by Crippen LogP contribution is -2.32. The van der Waals surface area contributed by atoms with Crippen LogP contribution in [0.25, 0.3) is 11.0 Å². The van der Waals surface area contributed by atoms with Crippen molar-refractivity contribution in [3.05, 3.63) is 29.6 Å². The number of benzene rings is 1. The molecule has 3 nitrogen and oxygen atoms in total. The molecule has 1 aromatic carbocycles. The van der Waals surface area contributed by atoms with E-state index in [0.29, 0.717) is 5.52 Å². The van der Waals surface area contributed by atoms with Crippen molar-refractivity contribution in [2.75, 3.05) is 0 Å². The van der Waals surface area contributed by atoms with Crippen LogP contribution >= 0.6 is 0 Å². The standard InChI is InChI=1S/C15H18F3N3/c1-21-13-7-6-9(15(16,17)18)8-12(13)20-14(21)10-4-2-3-5-11(10)19/h6-8,10-11H,2-5,19H2,1H3. The number of imidazole rings is 1. The Morgan fingerprint density at radius 3 is 2.62 bits per heavy atom. The summed E-state index contributed by atoms with van der Waals surface area (Å²) in [4.78, 5) is 4.44. The van der Waals surface area contributed by atoms with Gasteiger partial charge in [0, 0.05) is 19.0 Å². The smallest absolute Gasteiger partial charge is 0.331 e. The molecule has 2 aromatic rings. The first-order chi connectivity index (χ1) is 9.88. The summed E-state index contributed by atoms with van der Waals surface area (Å²) >= 11 is 0. The van der Waals surface area contributed by atoms with E-state index in [2.05, 4.69) is 4.98 Å². The highest BCUT2D eigenvalue weighted by atomic mass is 19.4. The van der Waals surface area contributed by atoms with Gasteiger partial charge >= 0.3 is 6.18 Å². The van der Waals surface area contributed by atoms with Gasteiger partial charge in [0.2, 0.25) is 0 Å². The van der Waals surface area contributed by atoms with E-state index in [1.54, 1.807) is 0 Å². The Hall–Kier alpha value is -1.56. The maximum atomic E-state index is 12.8. The number of nitrogens with two attached hydrogens (primary N) is 1. The predicted octanol–water partition coefficient (Wildman–Crippen LogP) is 3.58. The van der Waals surface area contributed by atoms with Gasteiger partial charge in [-0.3, -0.25) is 0 Å². The lowest BCUT2D eigenvalue weighted by atomic mass is 9.84. The highest BCUT2D eigenvalue weighted by Gasteiger charge is 2.32. The molecule has 21 heavy (non-hydrogen) atoms. The molecule has 1 fully saturated rings. The van der Waals surface area contributed by atoms with Crippen molar-refractivity contribution in [3.8, 4) is 0 Å². The molecular formula is C15H18F3N3. The zero-order chi connectivity index (χ0) is 15.2. The minimum atomic E-state index is -4.34. The first-order valence-corrected chi connectivity index (χ1v) is 7.17. The molecule has 1 aliphatic rings. The Morgan fingerprint density at radius 2 is 1.95 bits per heavy atom. The second-order valence-electron chi connectivity index (χ2n) is 5.79. The van der Waals surface area contributed by atoms with E-state index in [9.17, 15) is 13.2 Å². The van der Waals surface area contributed by atoms with Crippen LogP contribution in [0.15, 0.2) is 18.2 Å². The molecule has 0 saturated heterocycles. The minimum absolute atomic E-state index is 0.0383. The van der Waals surface area contributed by atoms with E-state index in [4.69, 9.17) is 5.73 Å². The highest BCUT2D eigenvalue weighted by Crippen LogP contribution is 2.35. The fourth-order valence-corrected chi connectivity index (χ4v) is 3.21. The van der Waals surface area contributed by atoms with E-state index < -0.39 is 11.7 Å². The minimum Gasteiger partial charge on any atom is -0.331 e. The molecule has 114 valence electrons. The summed E-state index contributed by atoms with van der Waals surface area (Å²) in [6, 6.07) is 3.75. The van der Waals surface area contributed by atoms with Crippen molar-refractivity contribution in [1.29, 1.82) is 0 Å². The summed E-state index contributed by atoms with van der Waals surface area (Å²) in [6.07, 6.45) is -0.242. The monoisotopic (exact) mass is 297 g/mol. The average molecular weight is 297 g/mol. The third-order valence-corrected chi connectivity index (χ3v) is 4.39. The van der Waals surface area contributed by atoms with E-state index in [-0.39, 0.29) is 12.0 Å². The zero-order valence-corrected chi connectivity index (χ0v) is 11.8. The molecule has 0 spiro atoms. The van der Waals surface area contributed by atoms with Crippen LogP contribution in [0.4, 0.5) is 13.2 Å². The van der Waals surface area contributed by atoms with Crippen LogP contribution < -0.4 is 5.73 Å². The molecule has 2 atom stereocenters. The van der Waals surface area contributed by atoms with Gasteiger partial charge in [-0.15, -0.1) is 0 Å². The van der Waals surface area contributed by atoms with Crippen LogP contribution in [0.1, 0.15) is 43.0 Å². The second-order valence-corrected chi connectivity index (χ2v) is 5.79. The Morgan fingerprint density at radius 1 is 1.24 bits per heavy atom. The molecule has 3 rings (SSSR count). The summed E-state index contributed by atoms with van der Waals surface area (Å²) in [5, 5.41) is 0. The van der Waals surface area contributed by atoms with Gasteiger partial charge in [-0.1, -0.05) is 12.8 Å². The van der Waals surface area contributed by atoms with Gasteiger partial charge in [0.15, 0.2) is 0 Å². The van der Waals surface area contributed by atoms with Crippen LogP contribution in [0.3, 0.4) is 0 Å². The van der Waals surface area contributed by atoms with Crippen LogP contribution in [0, 0.1) is 0 Å². The van der Waals surface area contributed by atoms with Gasteiger partial charge in [0.1, 0.15) is 5.82 Å². The Balaban J connectivity index is 2.06. The summed E-state index contributed by atoms with van der Waals surface area (Å²) in [6.45, 7) is 0. The maximum absolute atomic E-state index is 12.8. The molecule has 2 N–H and O–H groups in total. The van der Waals surface area contributed by atoms with Gasteiger partial charge < -0.3 is 10.3 Å². The van der Waals surface area contributed by atoms with Gasteiger partial charge in [0.05, 0.1) is 16.6 Å². The third kappa shape index (κ3) is 2.52. The van der Waals surface area contributed by atoms with Gasteiger partial charge in [-0.05, 0) is 31.0 Å². The molecule has 0 amide bonds. The number of hydrogen-bond acceptors (Lipinski definition) is 2. The average Bonchev–Trinajstić information content (AvgIpc) is 2.75. The van der Waals surface area contributed by atoms with Crippen LogP contribution in [0.5, 0.6) is 0 Å². The summed E-state index contributed by atoms with van der Waals surface area (Å²) in [7, 11) is 1.85. The lowest BCUT2D eigenvalue weighted by molar-refractivity contribution is -0.137. The van der Waals surface area contributed by atoms with Gasteiger partial charge in [0.25, 0.3) is 0 Å². The van der Waals surface area contributed by atoms with Crippen molar-refractivity contribution in [1.82, 2.24) is 9.55 Å². The predicted molar refractivity (Wildman–Crippen MR) is 74.9 cm³/mol. The lowest BCUT2D eigenvalue weighted by Gasteiger charge is -2.27. The quantitative estimate of drug-likeness (QED) is 0.874. The SMILES string of the molecule is Cn1c(C2CCCCC2N)nc2cc(C(F)(F)F)ccc21. The number of fused-ring (bicyclic) bond motifs is 1. The summed E-state index contributed by atoms with van der Waals surface area (Å²) in [5.74, 6) is 0.932. The van der Waals surface area contributed by atoms with Crippen LogP contribution in [0.2, 0.25) is 0 Å². The molecule has 2 unspecified atom stereocenters. The third-order valence-electron chi connectivity index (χ3n) is 4.39. The van der Waals surface area contributed by atoms with Gasteiger partial charge in [-0.25, -0.2) is 4.98 Å². The fourth-order valence-electron chi connectivity index (χ4n) is 3.21. The zero-order valence-electron chi connectivity index (χ0n) is 11.8. The van der Waals surface area contributed by atoms with Crippen LogP contribution in [-0.2, 0) is 13.2 Å². The first kappa shape index (κ1) is 14.4. The Bertz CT molecular complexity index is 660. The maximum Gasteiger partial charge on any atom is 0.416 e. The van der Waals surface area contributed by atoms with Crippen molar-refractivity contribution < 1.29 is 13.2 Å². The number of alkyl halides is 3. The summed E-state index contributed by atoms with van der Waals surface area (Å²) in [5.41, 5.74) is 6.62. The second kappa shape index (κ2) is 5.02. The van der Waals surface area contributed by atoms with E-state index in [0.717, 1.165) is 49.2 Å². The molecule has 6 heteroatoms. The summed E-state index contributed by atoms with van der Waals surface area (Å²) < 4.78 is 40.2. The van der Waals surface area contributed by atoms with E-state index in [1.165, 1.54) is 6.07 Å². The molecule has 1 saturated carbocycles. The molecule has 1 aliphatic carbocycles. The van der Waals surface area contributed by atoms with Crippen molar-refractivity contribution in [2.24, 2.45) is 12.8 Å². The van der Waals surface area contributed by atoms with Gasteiger partial charge in [-0.2, -0.15) is 13.2 Å². The Labute approximate surface area is 121 Å². The number of hydrogen-bond donors (Lipinski definition) is 1. The van der Waals surface area contributed by atoms with E-state index >= 15 is 0 Å². The molecule has 0 radical (unpaired) electrons. The van der Waals surface area contributed by atoms with Crippen molar-refractivity contribution >= 4 is 11.0 Å². The number of nitrogens with zero attached hydrogens (tertiary/aromatic N) is 2. The van der Waals surface area contributed by atoms with Crippen LogP contribution in [-0.4, -0.2) is 15.6 Å². The number of aromatic nitrogens is 2. The molecule has 0 aliphatic heterocycles. The molecular weight excluding hydrogens is 279 g/mol. The number of halogens is 3. The normalized spacial score (nSPS) is 23.7. The first-order valence-electron chi connectivity index (χ1n) is 7.17. The number of aryl methyl sites for hydroxylation is 1. The highest BCUT2D eigenvalue weighted by molar-refractivity contribution is 5.77. The Kier molecular flexibility index (Phi) is 3.43. The topological polar surface area (TPSA) is 43.8 Å². The largest absolute Gasteiger partial charge is 0.416 e.